The first-order valence-corrected chi connectivity index (χ1v) is 6.89. The highest BCUT2D eigenvalue weighted by Gasteiger charge is 2.09. The molecule has 1 aromatic carbocycles. The number of hydrogen-bond donors (Lipinski definition) is 2. The number of amides is 1. The number of nitrogens with zero attached hydrogens (tertiary/aromatic N) is 1. The lowest BCUT2D eigenvalue weighted by molar-refractivity contribution is 0.0958. The van der Waals surface area contributed by atoms with Crippen molar-refractivity contribution in [2.45, 2.75) is 6.42 Å². The number of thiophene rings is 1. The SMILES string of the molecule is O=C(NCCc1ncc[nH]1)c1cc2ccccc2s1. The molecule has 0 bridgehead atoms. The van der Waals surface area contributed by atoms with Gasteiger partial charge in [0.05, 0.1) is 4.88 Å². The fourth-order valence-electron chi connectivity index (χ4n) is 1.91. The summed E-state index contributed by atoms with van der Waals surface area (Å²) in [5.74, 6) is 0.865. The molecule has 2 N–H and O–H groups in total. The zero-order valence-electron chi connectivity index (χ0n) is 10.2. The second kappa shape index (κ2) is 5.24. The molecule has 0 saturated carbocycles. The Labute approximate surface area is 114 Å². The van der Waals surface area contributed by atoms with Gasteiger partial charge in [-0.15, -0.1) is 11.3 Å². The summed E-state index contributed by atoms with van der Waals surface area (Å²) in [5.41, 5.74) is 0. The van der Waals surface area contributed by atoms with Crippen LogP contribution in [0.1, 0.15) is 15.5 Å². The van der Waals surface area contributed by atoms with Crippen LogP contribution in [0.25, 0.3) is 10.1 Å². The van der Waals surface area contributed by atoms with Gasteiger partial charge in [-0.1, -0.05) is 18.2 Å². The zero-order chi connectivity index (χ0) is 13.1. The largest absolute Gasteiger partial charge is 0.351 e. The minimum Gasteiger partial charge on any atom is -0.351 e. The van der Waals surface area contributed by atoms with E-state index < -0.39 is 0 Å². The molecule has 0 aliphatic rings. The van der Waals surface area contributed by atoms with Crippen LogP contribution >= 0.6 is 11.3 Å². The molecule has 2 heterocycles. The number of benzene rings is 1. The van der Waals surface area contributed by atoms with E-state index in [-0.39, 0.29) is 5.91 Å². The van der Waals surface area contributed by atoms with Crippen LogP contribution in [0.15, 0.2) is 42.7 Å². The van der Waals surface area contributed by atoms with E-state index in [9.17, 15) is 4.79 Å². The van der Waals surface area contributed by atoms with Gasteiger partial charge in [0.1, 0.15) is 5.82 Å². The van der Waals surface area contributed by atoms with Crippen molar-refractivity contribution in [2.24, 2.45) is 0 Å². The van der Waals surface area contributed by atoms with Crippen LogP contribution in [0.4, 0.5) is 0 Å². The van der Waals surface area contributed by atoms with E-state index in [0.29, 0.717) is 13.0 Å². The molecule has 0 unspecified atom stereocenters. The average molecular weight is 271 g/mol. The third kappa shape index (κ3) is 2.66. The number of nitrogens with one attached hydrogen (secondary N) is 2. The molecular weight excluding hydrogens is 258 g/mol. The topological polar surface area (TPSA) is 57.8 Å². The molecular formula is C14H13N3OS. The maximum atomic E-state index is 12.0. The van der Waals surface area contributed by atoms with E-state index in [1.54, 1.807) is 12.4 Å². The first kappa shape index (κ1) is 11.9. The van der Waals surface area contributed by atoms with Crippen LogP contribution in [0.3, 0.4) is 0 Å². The summed E-state index contributed by atoms with van der Waals surface area (Å²) in [5, 5.41) is 4.02. The van der Waals surface area contributed by atoms with Crippen LogP contribution < -0.4 is 5.32 Å². The van der Waals surface area contributed by atoms with Crippen LogP contribution in [0.5, 0.6) is 0 Å². The first-order chi connectivity index (χ1) is 9.33. The minimum atomic E-state index is -0.0206. The van der Waals surface area contributed by atoms with E-state index in [0.717, 1.165) is 20.8 Å². The number of carbonyl (C=O) groups excluding carboxylic acids is 1. The molecule has 0 aliphatic carbocycles. The van der Waals surface area contributed by atoms with Crippen LogP contribution in [-0.4, -0.2) is 22.4 Å². The van der Waals surface area contributed by atoms with Gasteiger partial charge in [-0.05, 0) is 17.5 Å². The molecule has 19 heavy (non-hydrogen) atoms. The van der Waals surface area contributed by atoms with E-state index in [1.165, 1.54) is 11.3 Å². The van der Waals surface area contributed by atoms with Crippen molar-refractivity contribution >= 4 is 27.3 Å². The van der Waals surface area contributed by atoms with Gasteiger partial charge in [0, 0.05) is 30.1 Å². The number of aromatic nitrogens is 2. The predicted octanol–water partition coefficient (Wildman–Crippen LogP) is 2.60. The highest BCUT2D eigenvalue weighted by Crippen LogP contribution is 2.24. The van der Waals surface area contributed by atoms with Gasteiger partial charge in [0.15, 0.2) is 0 Å². The van der Waals surface area contributed by atoms with Gasteiger partial charge in [-0.25, -0.2) is 4.98 Å². The number of carbonyl (C=O) groups is 1. The summed E-state index contributed by atoms with van der Waals surface area (Å²) in [6.45, 7) is 0.584. The second-order valence-corrected chi connectivity index (χ2v) is 5.27. The molecule has 5 heteroatoms. The predicted molar refractivity (Wildman–Crippen MR) is 76.4 cm³/mol. The third-order valence-electron chi connectivity index (χ3n) is 2.85. The summed E-state index contributed by atoms with van der Waals surface area (Å²) in [6.07, 6.45) is 4.20. The van der Waals surface area contributed by atoms with Crippen molar-refractivity contribution in [1.29, 1.82) is 0 Å². The molecule has 0 spiro atoms. The molecule has 96 valence electrons. The number of fused-ring (bicyclic) bond motifs is 1. The summed E-state index contributed by atoms with van der Waals surface area (Å²) >= 11 is 1.52. The zero-order valence-corrected chi connectivity index (χ0v) is 11.0. The Kier molecular flexibility index (Phi) is 3.29. The fourth-order valence-corrected chi connectivity index (χ4v) is 2.89. The Bertz CT molecular complexity index is 655. The van der Waals surface area contributed by atoms with Crippen LogP contribution in [0, 0.1) is 0 Å². The van der Waals surface area contributed by atoms with Crippen LogP contribution in [0.2, 0.25) is 0 Å². The summed E-state index contributed by atoms with van der Waals surface area (Å²) in [6, 6.07) is 9.94. The highest BCUT2D eigenvalue weighted by atomic mass is 32.1. The number of H-pyrrole nitrogens is 1. The van der Waals surface area contributed by atoms with Gasteiger partial charge < -0.3 is 10.3 Å². The Balaban J connectivity index is 1.63. The number of rotatable bonds is 4. The standard InChI is InChI=1S/C14H13N3OS/c18-14(17-6-5-13-15-7-8-16-13)12-9-10-3-1-2-4-11(10)19-12/h1-4,7-9H,5-6H2,(H,15,16)(H,17,18). The molecule has 0 saturated heterocycles. The maximum Gasteiger partial charge on any atom is 0.261 e. The van der Waals surface area contributed by atoms with Crippen molar-refractivity contribution in [3.8, 4) is 0 Å². The monoisotopic (exact) mass is 271 g/mol. The molecule has 2 aromatic heterocycles. The lowest BCUT2D eigenvalue weighted by atomic mass is 10.2. The Morgan fingerprint density at radius 1 is 1.37 bits per heavy atom. The van der Waals surface area contributed by atoms with Gasteiger partial charge in [0.2, 0.25) is 0 Å². The van der Waals surface area contributed by atoms with Crippen molar-refractivity contribution in [3.63, 3.8) is 0 Å². The molecule has 3 aromatic rings. The van der Waals surface area contributed by atoms with Gasteiger partial charge >= 0.3 is 0 Å². The van der Waals surface area contributed by atoms with E-state index in [1.807, 2.05) is 30.3 Å². The minimum absolute atomic E-state index is 0.0206. The smallest absolute Gasteiger partial charge is 0.261 e. The molecule has 0 aliphatic heterocycles. The Morgan fingerprint density at radius 3 is 3.05 bits per heavy atom. The fraction of sp³-hybridized carbons (Fsp3) is 0.143. The first-order valence-electron chi connectivity index (χ1n) is 6.08. The number of hydrogen-bond acceptors (Lipinski definition) is 3. The Hall–Kier alpha value is -2.14. The number of aromatic amines is 1. The quantitative estimate of drug-likeness (QED) is 0.766. The van der Waals surface area contributed by atoms with Gasteiger partial charge in [0.25, 0.3) is 5.91 Å². The third-order valence-corrected chi connectivity index (χ3v) is 3.97. The average Bonchev–Trinajstić information content (AvgIpc) is 3.07. The van der Waals surface area contributed by atoms with E-state index >= 15 is 0 Å². The van der Waals surface area contributed by atoms with Gasteiger partial charge in [-0.3, -0.25) is 4.79 Å². The number of imidazole rings is 1. The molecule has 3 rings (SSSR count). The normalized spacial score (nSPS) is 10.7. The maximum absolute atomic E-state index is 12.0. The molecule has 0 atom stereocenters. The Morgan fingerprint density at radius 2 is 2.26 bits per heavy atom. The van der Waals surface area contributed by atoms with Gasteiger partial charge in [-0.2, -0.15) is 0 Å². The van der Waals surface area contributed by atoms with E-state index in [4.69, 9.17) is 0 Å². The van der Waals surface area contributed by atoms with Crippen molar-refractivity contribution < 1.29 is 4.79 Å². The van der Waals surface area contributed by atoms with E-state index in [2.05, 4.69) is 15.3 Å². The van der Waals surface area contributed by atoms with Crippen molar-refractivity contribution in [2.75, 3.05) is 6.54 Å². The summed E-state index contributed by atoms with van der Waals surface area (Å²) in [4.78, 5) is 19.9. The molecule has 0 fully saturated rings. The van der Waals surface area contributed by atoms with Crippen molar-refractivity contribution in [3.05, 3.63) is 53.4 Å². The van der Waals surface area contributed by atoms with Crippen molar-refractivity contribution in [1.82, 2.24) is 15.3 Å². The lowest BCUT2D eigenvalue weighted by Gasteiger charge is -2.01. The highest BCUT2D eigenvalue weighted by molar-refractivity contribution is 7.20. The molecule has 0 radical (unpaired) electrons. The molecule has 4 nitrogen and oxygen atoms in total. The summed E-state index contributed by atoms with van der Waals surface area (Å²) < 4.78 is 1.14. The summed E-state index contributed by atoms with van der Waals surface area (Å²) in [7, 11) is 0. The van der Waals surface area contributed by atoms with Crippen LogP contribution in [-0.2, 0) is 6.42 Å². The second-order valence-electron chi connectivity index (χ2n) is 4.19. The molecule has 1 amide bonds. The lowest BCUT2D eigenvalue weighted by Crippen LogP contribution is -2.25.